The van der Waals surface area contributed by atoms with Crippen molar-refractivity contribution in [2.45, 2.75) is 18.9 Å². The van der Waals surface area contributed by atoms with E-state index in [-0.39, 0.29) is 12.8 Å². The molecule has 0 radical (unpaired) electrons. The average Bonchev–Trinajstić information content (AvgIpc) is 1.98. The van der Waals surface area contributed by atoms with Crippen LogP contribution in [-0.2, 0) is 14.4 Å². The molecule has 0 aromatic carbocycles. The Morgan fingerprint density at radius 3 is 2.17 bits per heavy atom. The highest BCUT2D eigenvalue weighted by molar-refractivity contribution is 6.35. The van der Waals surface area contributed by atoms with Crippen LogP contribution in [0, 0.1) is 0 Å². The first kappa shape index (κ1) is 10.6. The molecule has 0 spiro atoms. The van der Waals surface area contributed by atoms with Crippen molar-refractivity contribution < 1.29 is 19.5 Å². The van der Waals surface area contributed by atoms with Gasteiger partial charge in [-0.15, -0.1) is 0 Å². The third-order valence-electron chi connectivity index (χ3n) is 1.27. The molecule has 6 nitrogen and oxygen atoms in total. The number of carbonyl (C=O) groups excluding carboxylic acids is 2. The first-order valence-electron chi connectivity index (χ1n) is 3.26. The molecule has 0 saturated heterocycles. The zero-order valence-corrected chi connectivity index (χ0v) is 6.32. The van der Waals surface area contributed by atoms with Crippen molar-refractivity contribution in [3.05, 3.63) is 0 Å². The number of carbonyl (C=O) groups is 3. The Balaban J connectivity index is 3.76. The lowest BCUT2D eigenvalue weighted by molar-refractivity contribution is -0.139. The van der Waals surface area contributed by atoms with Crippen LogP contribution in [-0.4, -0.2) is 28.8 Å². The first-order chi connectivity index (χ1) is 5.45. The summed E-state index contributed by atoms with van der Waals surface area (Å²) < 4.78 is 0. The third-order valence-corrected chi connectivity index (χ3v) is 1.27. The molecule has 0 aliphatic rings. The van der Waals surface area contributed by atoms with Gasteiger partial charge in [-0.05, 0) is 6.42 Å². The second-order valence-corrected chi connectivity index (χ2v) is 2.27. The van der Waals surface area contributed by atoms with Crippen LogP contribution in [0.25, 0.3) is 0 Å². The van der Waals surface area contributed by atoms with Gasteiger partial charge in [0.1, 0.15) is 6.04 Å². The smallest absolute Gasteiger partial charge is 0.320 e. The number of hydrogen-bond donors (Lipinski definition) is 3. The molecule has 0 fully saturated rings. The van der Waals surface area contributed by atoms with Gasteiger partial charge in [0.25, 0.3) is 5.91 Å². The van der Waals surface area contributed by atoms with Gasteiger partial charge >= 0.3 is 5.97 Å². The van der Waals surface area contributed by atoms with Gasteiger partial charge in [0.15, 0.2) is 0 Å². The van der Waals surface area contributed by atoms with Gasteiger partial charge in [-0.3, -0.25) is 14.4 Å². The Kier molecular flexibility index (Phi) is 3.92. The number of nitrogens with two attached hydrogens (primary N) is 2. The molecule has 5 N–H and O–H groups in total. The van der Waals surface area contributed by atoms with Crippen LogP contribution in [0.4, 0.5) is 0 Å². The van der Waals surface area contributed by atoms with E-state index >= 15 is 0 Å². The normalized spacial score (nSPS) is 12.1. The molecule has 0 heterocycles. The minimum Gasteiger partial charge on any atom is -0.480 e. The van der Waals surface area contributed by atoms with E-state index in [9.17, 15) is 14.4 Å². The molecular weight excluding hydrogens is 164 g/mol. The van der Waals surface area contributed by atoms with Gasteiger partial charge in [0, 0.05) is 6.42 Å². The fraction of sp³-hybridized carbons (Fsp3) is 0.500. The third kappa shape index (κ3) is 3.67. The lowest BCUT2D eigenvalue weighted by Gasteiger charge is -2.02. The molecule has 0 bridgehead atoms. The van der Waals surface area contributed by atoms with Crippen molar-refractivity contribution in [3.63, 3.8) is 0 Å². The SMILES string of the molecule is NC(=O)C(=O)CC[C@H](N)C(=O)O. The molecule has 0 rings (SSSR count). The number of ketones is 1. The molecule has 12 heavy (non-hydrogen) atoms. The van der Waals surface area contributed by atoms with E-state index in [1.807, 2.05) is 0 Å². The van der Waals surface area contributed by atoms with Crippen LogP contribution in [0.3, 0.4) is 0 Å². The number of carboxylic acid groups (broad SMARTS) is 1. The minimum atomic E-state index is -1.20. The molecule has 0 unspecified atom stereocenters. The van der Waals surface area contributed by atoms with Crippen LogP contribution in [0.15, 0.2) is 0 Å². The Morgan fingerprint density at radius 2 is 1.83 bits per heavy atom. The second kappa shape index (κ2) is 4.45. The molecule has 0 aliphatic heterocycles. The van der Waals surface area contributed by atoms with Crippen molar-refractivity contribution >= 4 is 17.7 Å². The maximum absolute atomic E-state index is 10.5. The van der Waals surface area contributed by atoms with Gasteiger partial charge in [-0.1, -0.05) is 0 Å². The Labute approximate surface area is 68.5 Å². The summed E-state index contributed by atoms with van der Waals surface area (Å²) in [6.45, 7) is 0. The fourth-order valence-electron chi connectivity index (χ4n) is 0.533. The monoisotopic (exact) mass is 174 g/mol. The minimum absolute atomic E-state index is 0.0723. The maximum atomic E-state index is 10.5. The molecular formula is C6H10N2O4. The predicted molar refractivity (Wildman–Crippen MR) is 39.0 cm³/mol. The van der Waals surface area contributed by atoms with Crippen LogP contribution in [0.1, 0.15) is 12.8 Å². The Hall–Kier alpha value is -1.43. The van der Waals surface area contributed by atoms with Gasteiger partial charge in [-0.25, -0.2) is 0 Å². The summed E-state index contributed by atoms with van der Waals surface area (Å²) in [5, 5.41) is 8.28. The summed E-state index contributed by atoms with van der Waals surface area (Å²) in [7, 11) is 0. The summed E-state index contributed by atoms with van der Waals surface area (Å²) in [6.07, 6.45) is -0.292. The number of rotatable bonds is 5. The van der Waals surface area contributed by atoms with Crippen molar-refractivity contribution in [2.75, 3.05) is 0 Å². The second-order valence-electron chi connectivity index (χ2n) is 2.27. The number of Topliss-reactive ketones (excluding diaryl/α,β-unsaturated/α-hetero) is 1. The summed E-state index contributed by atoms with van der Waals surface area (Å²) in [4.78, 5) is 30.8. The lowest BCUT2D eigenvalue weighted by Crippen LogP contribution is -2.32. The first-order valence-corrected chi connectivity index (χ1v) is 3.26. The molecule has 0 aromatic rings. The summed E-state index contributed by atoms with van der Waals surface area (Å²) in [6, 6.07) is -1.12. The highest BCUT2D eigenvalue weighted by Crippen LogP contribution is 1.95. The molecule has 0 aromatic heterocycles. The highest BCUT2D eigenvalue weighted by atomic mass is 16.4. The summed E-state index contributed by atoms with van der Waals surface area (Å²) in [5.74, 6) is -3.06. The standard InChI is InChI=1S/C6H10N2O4/c7-3(6(11)12)1-2-4(9)5(8)10/h3H,1-2,7H2,(H2,8,10)(H,11,12)/t3-/m0/s1. The topological polar surface area (TPSA) is 123 Å². The van der Waals surface area contributed by atoms with Crippen LogP contribution in [0.2, 0.25) is 0 Å². The Morgan fingerprint density at radius 1 is 1.33 bits per heavy atom. The van der Waals surface area contributed by atoms with E-state index in [2.05, 4.69) is 5.73 Å². The van der Waals surface area contributed by atoms with Gasteiger partial charge in [-0.2, -0.15) is 0 Å². The van der Waals surface area contributed by atoms with E-state index in [4.69, 9.17) is 10.8 Å². The molecule has 0 saturated carbocycles. The molecule has 1 atom stereocenters. The van der Waals surface area contributed by atoms with Crippen LogP contribution >= 0.6 is 0 Å². The highest BCUT2D eigenvalue weighted by Gasteiger charge is 2.15. The van der Waals surface area contributed by atoms with Crippen molar-refractivity contribution in [1.29, 1.82) is 0 Å². The van der Waals surface area contributed by atoms with E-state index < -0.39 is 23.7 Å². The van der Waals surface area contributed by atoms with E-state index in [0.29, 0.717) is 0 Å². The number of primary amides is 1. The van der Waals surface area contributed by atoms with Crippen LogP contribution in [0.5, 0.6) is 0 Å². The average molecular weight is 174 g/mol. The zero-order valence-electron chi connectivity index (χ0n) is 6.32. The number of amides is 1. The molecule has 0 aliphatic carbocycles. The predicted octanol–water partition coefficient (Wildman–Crippen LogP) is -1.77. The molecule has 1 amide bonds. The largest absolute Gasteiger partial charge is 0.480 e. The van der Waals surface area contributed by atoms with E-state index in [1.54, 1.807) is 0 Å². The lowest BCUT2D eigenvalue weighted by atomic mass is 10.1. The number of carboxylic acids is 1. The fourth-order valence-corrected chi connectivity index (χ4v) is 0.533. The quantitative estimate of drug-likeness (QED) is 0.425. The number of aliphatic carboxylic acids is 1. The number of hydrogen-bond acceptors (Lipinski definition) is 4. The van der Waals surface area contributed by atoms with Crippen molar-refractivity contribution in [3.8, 4) is 0 Å². The Bertz CT molecular complexity index is 214. The van der Waals surface area contributed by atoms with Crippen molar-refractivity contribution in [2.24, 2.45) is 11.5 Å². The van der Waals surface area contributed by atoms with Crippen molar-refractivity contribution in [1.82, 2.24) is 0 Å². The van der Waals surface area contributed by atoms with Gasteiger partial charge in [0.05, 0.1) is 0 Å². The summed E-state index contributed by atoms with van der Waals surface area (Å²) >= 11 is 0. The summed E-state index contributed by atoms with van der Waals surface area (Å²) in [5.41, 5.74) is 9.68. The zero-order chi connectivity index (χ0) is 9.72. The maximum Gasteiger partial charge on any atom is 0.320 e. The van der Waals surface area contributed by atoms with Gasteiger partial charge in [0.2, 0.25) is 5.78 Å². The van der Waals surface area contributed by atoms with E-state index in [1.165, 1.54) is 0 Å². The van der Waals surface area contributed by atoms with E-state index in [0.717, 1.165) is 0 Å². The van der Waals surface area contributed by atoms with Crippen LogP contribution < -0.4 is 11.5 Å². The molecule has 68 valence electrons. The molecule has 6 heteroatoms. The van der Waals surface area contributed by atoms with Gasteiger partial charge < -0.3 is 16.6 Å².